The lowest BCUT2D eigenvalue weighted by molar-refractivity contribution is 0.597. The summed E-state index contributed by atoms with van der Waals surface area (Å²) in [4.78, 5) is 4.67. The number of aromatic nitrogens is 3. The van der Waals surface area contributed by atoms with Gasteiger partial charge in [-0.05, 0) is 18.9 Å². The Hall–Kier alpha value is -1.69. The maximum Gasteiger partial charge on any atom is 0.192 e. The summed E-state index contributed by atoms with van der Waals surface area (Å²) in [5.74, 6) is 1.94. The topological polar surface area (TPSA) is 101 Å². The summed E-state index contributed by atoms with van der Waals surface area (Å²) < 4.78 is 25.6. The molecule has 1 aromatic heterocycles. The molecule has 2 N–H and O–H groups in total. The average molecular weight is 532 g/mol. The minimum absolute atomic E-state index is 0. The van der Waals surface area contributed by atoms with Gasteiger partial charge < -0.3 is 15.2 Å². The molecule has 2 heterocycles. The maximum atomic E-state index is 11.8. The second-order valence-corrected chi connectivity index (χ2v) is 9.27. The fourth-order valence-corrected chi connectivity index (χ4v) is 4.95. The monoisotopic (exact) mass is 532 g/mol. The normalized spacial score (nSPS) is 19.4. The molecule has 2 atom stereocenters. The van der Waals surface area contributed by atoms with Gasteiger partial charge in [-0.15, -0.1) is 34.2 Å². The number of benzene rings is 1. The molecule has 0 amide bonds. The lowest BCUT2D eigenvalue weighted by Gasteiger charge is -2.21. The van der Waals surface area contributed by atoms with Crippen LogP contribution in [0.4, 0.5) is 0 Å². The first-order valence-electron chi connectivity index (χ1n) is 9.66. The maximum absolute atomic E-state index is 11.8. The van der Waals surface area contributed by atoms with Crippen LogP contribution < -0.4 is 10.6 Å². The lowest BCUT2D eigenvalue weighted by Crippen LogP contribution is -2.45. The van der Waals surface area contributed by atoms with Gasteiger partial charge in [0, 0.05) is 19.0 Å². The number of aryl methyl sites for hydroxylation is 1. The summed E-state index contributed by atoms with van der Waals surface area (Å²) >= 11 is 0. The highest BCUT2D eigenvalue weighted by molar-refractivity contribution is 14.0. The third-order valence-electron chi connectivity index (χ3n) is 4.85. The molecule has 0 aliphatic carbocycles. The molecule has 3 rings (SSSR count). The second kappa shape index (κ2) is 10.9. The summed E-state index contributed by atoms with van der Waals surface area (Å²) in [5.41, 5.74) is 1.14. The molecule has 10 heteroatoms. The lowest BCUT2D eigenvalue weighted by atomic mass is 10.1. The summed E-state index contributed by atoms with van der Waals surface area (Å²) in [6.07, 6.45) is 3.14. The number of hydrogen-bond donors (Lipinski definition) is 2. The van der Waals surface area contributed by atoms with Crippen LogP contribution in [0.15, 0.2) is 41.7 Å². The van der Waals surface area contributed by atoms with E-state index in [1.165, 1.54) is 0 Å². The first-order valence-corrected chi connectivity index (χ1v) is 11.5. The molecule has 0 bridgehead atoms. The predicted octanol–water partition coefficient (Wildman–Crippen LogP) is 1.94. The van der Waals surface area contributed by atoms with Crippen molar-refractivity contribution in [2.45, 2.75) is 45.3 Å². The van der Waals surface area contributed by atoms with E-state index in [0.29, 0.717) is 25.5 Å². The number of rotatable bonds is 7. The zero-order valence-electron chi connectivity index (χ0n) is 16.8. The van der Waals surface area contributed by atoms with Crippen LogP contribution >= 0.6 is 24.0 Å². The molecule has 0 spiro atoms. The van der Waals surface area contributed by atoms with Crippen LogP contribution in [0.2, 0.25) is 0 Å². The summed E-state index contributed by atoms with van der Waals surface area (Å²) in [7, 11) is -2.95. The fourth-order valence-electron chi connectivity index (χ4n) is 3.27. The number of hydrogen-bond acceptors (Lipinski definition) is 5. The van der Waals surface area contributed by atoms with E-state index < -0.39 is 9.84 Å². The van der Waals surface area contributed by atoms with Gasteiger partial charge in [-0.1, -0.05) is 37.3 Å². The average Bonchev–Trinajstić information content (AvgIpc) is 3.27. The standard InChI is InChI=1S/C19H28N6O2S.HI/c1-3-18-24-21-14-25(18)11-10-20-19(23-17-9-12-28(26,27)13-17)22-15(2)16-7-5-4-6-8-16;/h4-8,14-15,17H,3,9-13H2,1-2H3,(H2,20,22,23);1H. The van der Waals surface area contributed by atoms with Gasteiger partial charge in [0.05, 0.1) is 24.1 Å². The van der Waals surface area contributed by atoms with Crippen LogP contribution in [0.5, 0.6) is 0 Å². The number of guanidine groups is 1. The smallest absolute Gasteiger partial charge is 0.192 e. The van der Waals surface area contributed by atoms with Crippen LogP contribution in [0, 0.1) is 0 Å². The molecule has 8 nitrogen and oxygen atoms in total. The minimum Gasteiger partial charge on any atom is -0.353 e. The number of nitrogens with one attached hydrogen (secondary N) is 2. The molecule has 160 valence electrons. The molecule has 1 aliphatic rings. The predicted molar refractivity (Wildman–Crippen MR) is 125 cm³/mol. The van der Waals surface area contributed by atoms with E-state index in [-0.39, 0.29) is 47.6 Å². The van der Waals surface area contributed by atoms with Gasteiger partial charge in [0.2, 0.25) is 0 Å². The van der Waals surface area contributed by atoms with Crippen LogP contribution in [-0.4, -0.2) is 53.2 Å². The molecule has 2 unspecified atom stereocenters. The third-order valence-corrected chi connectivity index (χ3v) is 6.62. The van der Waals surface area contributed by atoms with Crippen molar-refractivity contribution >= 4 is 39.8 Å². The van der Waals surface area contributed by atoms with Gasteiger partial charge >= 0.3 is 0 Å². The Morgan fingerprint density at radius 2 is 2.10 bits per heavy atom. The molecular weight excluding hydrogens is 503 g/mol. The summed E-state index contributed by atoms with van der Waals surface area (Å²) in [6, 6.07) is 10.0. The SMILES string of the molecule is CCc1nncn1CCN=C(NC1CCS(=O)(=O)C1)NC(C)c1ccccc1.I. The van der Waals surface area contributed by atoms with Crippen molar-refractivity contribution < 1.29 is 8.42 Å². The van der Waals surface area contributed by atoms with E-state index in [4.69, 9.17) is 0 Å². The summed E-state index contributed by atoms with van der Waals surface area (Å²) in [6.45, 7) is 5.32. The van der Waals surface area contributed by atoms with E-state index >= 15 is 0 Å². The molecule has 1 fully saturated rings. The highest BCUT2D eigenvalue weighted by Crippen LogP contribution is 2.13. The first kappa shape index (κ1) is 23.6. The number of halogens is 1. The van der Waals surface area contributed by atoms with Gasteiger partial charge in [0.1, 0.15) is 12.2 Å². The van der Waals surface area contributed by atoms with Crippen molar-refractivity contribution in [1.29, 1.82) is 0 Å². The van der Waals surface area contributed by atoms with Gasteiger partial charge in [-0.3, -0.25) is 4.99 Å². The molecule has 29 heavy (non-hydrogen) atoms. The number of nitrogens with zero attached hydrogens (tertiary/aromatic N) is 4. The van der Waals surface area contributed by atoms with Gasteiger partial charge in [-0.25, -0.2) is 8.42 Å². The van der Waals surface area contributed by atoms with Crippen molar-refractivity contribution in [2.75, 3.05) is 18.1 Å². The van der Waals surface area contributed by atoms with E-state index in [2.05, 4.69) is 44.9 Å². The molecule has 1 aromatic carbocycles. The largest absolute Gasteiger partial charge is 0.353 e. The van der Waals surface area contributed by atoms with E-state index in [9.17, 15) is 8.42 Å². The number of sulfone groups is 1. The zero-order valence-corrected chi connectivity index (χ0v) is 19.9. The summed E-state index contributed by atoms with van der Waals surface area (Å²) in [5, 5.41) is 14.7. The molecule has 0 saturated carbocycles. The second-order valence-electron chi connectivity index (χ2n) is 7.05. The Bertz CT molecular complexity index is 900. The number of aliphatic imine (C=N–C) groups is 1. The van der Waals surface area contributed by atoms with Crippen LogP contribution in [0.3, 0.4) is 0 Å². The molecule has 1 saturated heterocycles. The van der Waals surface area contributed by atoms with Crippen molar-refractivity contribution in [3.8, 4) is 0 Å². The third kappa shape index (κ3) is 6.95. The van der Waals surface area contributed by atoms with Gasteiger partial charge in [-0.2, -0.15) is 0 Å². The van der Waals surface area contributed by atoms with E-state index in [1.807, 2.05) is 29.7 Å². The van der Waals surface area contributed by atoms with Crippen molar-refractivity contribution in [3.05, 3.63) is 48.0 Å². The van der Waals surface area contributed by atoms with Crippen LogP contribution in [0.25, 0.3) is 0 Å². The van der Waals surface area contributed by atoms with E-state index in [1.54, 1.807) is 6.33 Å². The van der Waals surface area contributed by atoms with E-state index in [0.717, 1.165) is 17.8 Å². The van der Waals surface area contributed by atoms with Crippen molar-refractivity contribution in [3.63, 3.8) is 0 Å². The first-order chi connectivity index (χ1) is 13.5. The van der Waals surface area contributed by atoms with Crippen molar-refractivity contribution in [1.82, 2.24) is 25.4 Å². The van der Waals surface area contributed by atoms with Gasteiger partial charge in [0.15, 0.2) is 15.8 Å². The Morgan fingerprint density at radius 3 is 2.76 bits per heavy atom. The van der Waals surface area contributed by atoms with Crippen molar-refractivity contribution in [2.24, 2.45) is 4.99 Å². The molecule has 1 aliphatic heterocycles. The molecule has 2 aromatic rings. The highest BCUT2D eigenvalue weighted by atomic mass is 127. The molecular formula is C19H29IN6O2S. The Balaban J connectivity index is 0.00000300. The highest BCUT2D eigenvalue weighted by Gasteiger charge is 2.28. The van der Waals surface area contributed by atoms with Gasteiger partial charge in [0.25, 0.3) is 0 Å². The Kier molecular flexibility index (Phi) is 8.87. The molecule has 0 radical (unpaired) electrons. The van der Waals surface area contributed by atoms with Crippen LogP contribution in [0.1, 0.15) is 37.7 Å². The fraction of sp³-hybridized carbons (Fsp3) is 0.526. The quantitative estimate of drug-likeness (QED) is 0.321. The Morgan fingerprint density at radius 1 is 1.34 bits per heavy atom. The Labute approximate surface area is 189 Å². The van der Waals surface area contributed by atoms with Crippen LogP contribution in [-0.2, 0) is 22.8 Å². The zero-order chi connectivity index (χ0) is 20.0. The minimum atomic E-state index is -2.95.